The fourth-order valence-electron chi connectivity index (χ4n) is 2.25. The second kappa shape index (κ2) is 9.99. The van der Waals surface area contributed by atoms with Crippen LogP contribution in [0.4, 0.5) is 0 Å². The first-order valence-electron chi connectivity index (χ1n) is 7.63. The molecule has 108 valence electrons. The van der Waals surface area contributed by atoms with E-state index in [1.807, 2.05) is 0 Å². The lowest BCUT2D eigenvalue weighted by Crippen LogP contribution is -2.22. The minimum absolute atomic E-state index is 0.604. The van der Waals surface area contributed by atoms with Crippen molar-refractivity contribution < 1.29 is 4.74 Å². The summed E-state index contributed by atoms with van der Waals surface area (Å²) in [4.78, 5) is 0. The molecule has 0 radical (unpaired) electrons. The maximum absolute atomic E-state index is 5.44. The van der Waals surface area contributed by atoms with E-state index in [0.29, 0.717) is 5.92 Å². The third-order valence-corrected chi connectivity index (χ3v) is 3.41. The fraction of sp³-hybridized carbons (Fsp3) is 0.647. The standard InChI is InChI=1S/C17H29NO/c1-4-12-18-14-17(7-6-13-19-5-2)16-10-8-15(3)9-11-16/h8-11,17-18H,4-7,12-14H2,1-3H3. The van der Waals surface area contributed by atoms with E-state index in [9.17, 15) is 0 Å². The monoisotopic (exact) mass is 263 g/mol. The average molecular weight is 263 g/mol. The molecule has 2 heteroatoms. The third kappa shape index (κ3) is 6.74. The van der Waals surface area contributed by atoms with Crippen molar-refractivity contribution in [3.63, 3.8) is 0 Å². The van der Waals surface area contributed by atoms with Gasteiger partial charge in [0.1, 0.15) is 0 Å². The van der Waals surface area contributed by atoms with Gasteiger partial charge in [-0.25, -0.2) is 0 Å². The Bertz CT molecular complexity index is 321. The quantitative estimate of drug-likeness (QED) is 0.647. The van der Waals surface area contributed by atoms with Crippen LogP contribution in [0.2, 0.25) is 0 Å². The maximum atomic E-state index is 5.44. The second-order valence-corrected chi connectivity index (χ2v) is 5.15. The Morgan fingerprint density at radius 3 is 2.53 bits per heavy atom. The summed E-state index contributed by atoms with van der Waals surface area (Å²) >= 11 is 0. The van der Waals surface area contributed by atoms with E-state index in [1.165, 1.54) is 24.0 Å². The summed E-state index contributed by atoms with van der Waals surface area (Å²) in [7, 11) is 0. The highest BCUT2D eigenvalue weighted by molar-refractivity contribution is 5.24. The van der Waals surface area contributed by atoms with E-state index in [0.717, 1.165) is 32.7 Å². The van der Waals surface area contributed by atoms with Crippen molar-refractivity contribution in [2.45, 2.75) is 46.0 Å². The summed E-state index contributed by atoms with van der Waals surface area (Å²) in [5.74, 6) is 0.604. The van der Waals surface area contributed by atoms with E-state index in [1.54, 1.807) is 0 Å². The van der Waals surface area contributed by atoms with Crippen molar-refractivity contribution in [1.29, 1.82) is 0 Å². The third-order valence-electron chi connectivity index (χ3n) is 3.41. The van der Waals surface area contributed by atoms with Gasteiger partial charge >= 0.3 is 0 Å². The van der Waals surface area contributed by atoms with Crippen LogP contribution in [0, 0.1) is 6.92 Å². The molecule has 0 amide bonds. The molecule has 0 aromatic heterocycles. The number of ether oxygens (including phenoxy) is 1. The Morgan fingerprint density at radius 1 is 1.16 bits per heavy atom. The summed E-state index contributed by atoms with van der Waals surface area (Å²) in [5.41, 5.74) is 2.78. The molecule has 0 aliphatic carbocycles. The highest BCUT2D eigenvalue weighted by Crippen LogP contribution is 2.21. The van der Waals surface area contributed by atoms with Crippen LogP contribution in [0.5, 0.6) is 0 Å². The summed E-state index contributed by atoms with van der Waals surface area (Å²) in [6.07, 6.45) is 3.53. The SMILES string of the molecule is CCCNCC(CCCOCC)c1ccc(C)cc1. The van der Waals surface area contributed by atoms with Crippen LogP contribution < -0.4 is 5.32 Å². The number of nitrogens with one attached hydrogen (secondary N) is 1. The largest absolute Gasteiger partial charge is 0.382 e. The van der Waals surface area contributed by atoms with E-state index >= 15 is 0 Å². The molecule has 1 aromatic carbocycles. The highest BCUT2D eigenvalue weighted by Gasteiger charge is 2.10. The Balaban J connectivity index is 2.49. The molecule has 0 saturated heterocycles. The van der Waals surface area contributed by atoms with Crippen LogP contribution in [-0.4, -0.2) is 26.3 Å². The molecule has 0 saturated carbocycles. The molecule has 1 rings (SSSR count). The van der Waals surface area contributed by atoms with E-state index in [-0.39, 0.29) is 0 Å². The van der Waals surface area contributed by atoms with E-state index in [2.05, 4.69) is 50.4 Å². The van der Waals surface area contributed by atoms with Crippen molar-refractivity contribution in [2.24, 2.45) is 0 Å². The molecule has 1 aromatic rings. The molecular weight excluding hydrogens is 234 g/mol. The minimum Gasteiger partial charge on any atom is -0.382 e. The predicted molar refractivity (Wildman–Crippen MR) is 82.8 cm³/mol. The van der Waals surface area contributed by atoms with Crippen LogP contribution in [-0.2, 0) is 4.74 Å². The second-order valence-electron chi connectivity index (χ2n) is 5.15. The average Bonchev–Trinajstić information content (AvgIpc) is 2.43. The number of rotatable bonds is 10. The molecule has 1 unspecified atom stereocenters. The summed E-state index contributed by atoms with van der Waals surface area (Å²) in [6.45, 7) is 10.3. The molecular formula is C17H29NO. The Kier molecular flexibility index (Phi) is 8.52. The van der Waals surface area contributed by atoms with Gasteiger partial charge in [-0.1, -0.05) is 36.8 Å². The first-order valence-corrected chi connectivity index (χ1v) is 7.63. The topological polar surface area (TPSA) is 21.3 Å². The van der Waals surface area contributed by atoms with Crippen molar-refractivity contribution in [2.75, 3.05) is 26.3 Å². The lowest BCUT2D eigenvalue weighted by molar-refractivity contribution is 0.141. The normalized spacial score (nSPS) is 12.6. The summed E-state index contributed by atoms with van der Waals surface area (Å²) < 4.78 is 5.44. The zero-order chi connectivity index (χ0) is 13.9. The van der Waals surface area contributed by atoms with E-state index < -0.39 is 0 Å². The molecule has 0 spiro atoms. The molecule has 0 aliphatic heterocycles. The van der Waals surface area contributed by atoms with Gasteiger partial charge in [0.05, 0.1) is 0 Å². The predicted octanol–water partition coefficient (Wildman–Crippen LogP) is 3.89. The smallest absolute Gasteiger partial charge is 0.0466 e. The number of hydrogen-bond donors (Lipinski definition) is 1. The Morgan fingerprint density at radius 2 is 1.89 bits per heavy atom. The zero-order valence-electron chi connectivity index (χ0n) is 12.7. The van der Waals surface area contributed by atoms with Gasteiger partial charge in [0.15, 0.2) is 0 Å². The highest BCUT2D eigenvalue weighted by atomic mass is 16.5. The Labute approximate surface area is 118 Å². The molecule has 1 atom stereocenters. The van der Waals surface area contributed by atoms with Crippen LogP contribution in [0.25, 0.3) is 0 Å². The van der Waals surface area contributed by atoms with Crippen LogP contribution in [0.15, 0.2) is 24.3 Å². The lowest BCUT2D eigenvalue weighted by Gasteiger charge is -2.18. The van der Waals surface area contributed by atoms with Gasteiger partial charge in [-0.3, -0.25) is 0 Å². The Hall–Kier alpha value is -0.860. The van der Waals surface area contributed by atoms with Gasteiger partial charge in [-0.2, -0.15) is 0 Å². The first-order chi connectivity index (χ1) is 9.27. The molecule has 19 heavy (non-hydrogen) atoms. The van der Waals surface area contributed by atoms with E-state index in [4.69, 9.17) is 4.74 Å². The number of hydrogen-bond acceptors (Lipinski definition) is 2. The number of benzene rings is 1. The van der Waals surface area contributed by atoms with Gasteiger partial charge in [0.25, 0.3) is 0 Å². The molecule has 2 nitrogen and oxygen atoms in total. The molecule has 0 bridgehead atoms. The van der Waals surface area contributed by atoms with Crippen LogP contribution in [0.3, 0.4) is 0 Å². The minimum atomic E-state index is 0.604. The molecule has 0 aliphatic rings. The van der Waals surface area contributed by atoms with Gasteiger partial charge < -0.3 is 10.1 Å². The molecule has 0 heterocycles. The molecule has 0 fully saturated rings. The van der Waals surface area contributed by atoms with Gasteiger partial charge in [0.2, 0.25) is 0 Å². The van der Waals surface area contributed by atoms with Crippen molar-refractivity contribution in [1.82, 2.24) is 5.32 Å². The van der Waals surface area contributed by atoms with Crippen molar-refractivity contribution in [3.8, 4) is 0 Å². The van der Waals surface area contributed by atoms with Crippen LogP contribution >= 0.6 is 0 Å². The molecule has 1 N–H and O–H groups in total. The summed E-state index contributed by atoms with van der Waals surface area (Å²) in [6, 6.07) is 8.97. The summed E-state index contributed by atoms with van der Waals surface area (Å²) in [5, 5.41) is 3.55. The van der Waals surface area contributed by atoms with Gasteiger partial charge in [0, 0.05) is 19.8 Å². The van der Waals surface area contributed by atoms with Crippen molar-refractivity contribution in [3.05, 3.63) is 35.4 Å². The lowest BCUT2D eigenvalue weighted by atomic mass is 9.93. The maximum Gasteiger partial charge on any atom is 0.0466 e. The van der Waals surface area contributed by atoms with Gasteiger partial charge in [-0.05, 0) is 51.1 Å². The van der Waals surface area contributed by atoms with Gasteiger partial charge in [-0.15, -0.1) is 0 Å². The number of aryl methyl sites for hydroxylation is 1. The first kappa shape index (κ1) is 16.2. The van der Waals surface area contributed by atoms with Crippen LogP contribution in [0.1, 0.15) is 50.2 Å². The fourth-order valence-corrected chi connectivity index (χ4v) is 2.25. The zero-order valence-corrected chi connectivity index (χ0v) is 12.7. The van der Waals surface area contributed by atoms with Crippen molar-refractivity contribution >= 4 is 0 Å².